The number of hydrogen-bond acceptors (Lipinski definition) is 5. The number of anilines is 1. The van der Waals surface area contributed by atoms with Crippen LogP contribution in [-0.2, 0) is 4.74 Å². The number of aromatic nitrogens is 2. The van der Waals surface area contributed by atoms with Crippen LogP contribution in [-0.4, -0.2) is 23.0 Å². The van der Waals surface area contributed by atoms with E-state index in [1.807, 2.05) is 18.2 Å². The molecule has 0 radical (unpaired) electrons. The molecule has 138 valence electrons. The van der Waals surface area contributed by atoms with Gasteiger partial charge in [-0.25, -0.2) is 14.8 Å². The van der Waals surface area contributed by atoms with Gasteiger partial charge in [-0.15, -0.1) is 0 Å². The molecule has 1 heterocycles. The third-order valence-electron chi connectivity index (χ3n) is 4.55. The standard InChI is InChI=1S/C20H24ClN3O2/c1-3-4-10-15(13-8-6-5-7-9-13)22-19-16(21)17(20(25)26-2)23-18(24-19)14-11-12-14/h5-9,14-15H,3-4,10-12H2,1-2H3,(H,22,23,24). The van der Waals surface area contributed by atoms with Crippen molar-refractivity contribution in [3.63, 3.8) is 0 Å². The maximum absolute atomic E-state index is 12.1. The average Bonchev–Trinajstić information content (AvgIpc) is 3.51. The van der Waals surface area contributed by atoms with Gasteiger partial charge < -0.3 is 10.1 Å². The number of ether oxygens (including phenoxy) is 1. The summed E-state index contributed by atoms with van der Waals surface area (Å²) in [7, 11) is 1.33. The molecule has 0 spiro atoms. The van der Waals surface area contributed by atoms with E-state index in [4.69, 9.17) is 16.3 Å². The van der Waals surface area contributed by atoms with Gasteiger partial charge in [-0.3, -0.25) is 0 Å². The molecule has 0 bridgehead atoms. The molecule has 1 saturated carbocycles. The molecule has 2 aromatic rings. The predicted octanol–water partition coefficient (Wildman–Crippen LogP) is 5.14. The maximum Gasteiger partial charge on any atom is 0.358 e. The van der Waals surface area contributed by atoms with E-state index in [1.54, 1.807) is 0 Å². The van der Waals surface area contributed by atoms with Crippen molar-refractivity contribution in [1.29, 1.82) is 0 Å². The van der Waals surface area contributed by atoms with Gasteiger partial charge in [0.2, 0.25) is 0 Å². The lowest BCUT2D eigenvalue weighted by Gasteiger charge is -2.21. The Morgan fingerprint density at radius 1 is 1.31 bits per heavy atom. The van der Waals surface area contributed by atoms with E-state index in [-0.39, 0.29) is 16.8 Å². The highest BCUT2D eigenvalue weighted by Crippen LogP contribution is 2.40. The fraction of sp³-hybridized carbons (Fsp3) is 0.450. The van der Waals surface area contributed by atoms with E-state index in [0.717, 1.165) is 32.1 Å². The summed E-state index contributed by atoms with van der Waals surface area (Å²) in [5, 5.41) is 3.67. The molecule has 0 amide bonds. The molecular weight excluding hydrogens is 350 g/mol. The summed E-state index contributed by atoms with van der Waals surface area (Å²) in [5.74, 6) is 0.947. The summed E-state index contributed by atoms with van der Waals surface area (Å²) in [5.41, 5.74) is 1.30. The van der Waals surface area contributed by atoms with Crippen LogP contribution in [0.4, 0.5) is 5.82 Å². The number of methoxy groups -OCH3 is 1. The van der Waals surface area contributed by atoms with Crippen LogP contribution in [0.2, 0.25) is 5.02 Å². The fourth-order valence-electron chi connectivity index (χ4n) is 2.90. The summed E-state index contributed by atoms with van der Waals surface area (Å²) in [6.45, 7) is 2.17. The second-order valence-corrected chi connectivity index (χ2v) is 6.99. The van der Waals surface area contributed by atoms with Gasteiger partial charge in [-0.1, -0.05) is 61.7 Å². The van der Waals surface area contributed by atoms with E-state index in [9.17, 15) is 4.79 Å². The highest BCUT2D eigenvalue weighted by Gasteiger charge is 2.30. The van der Waals surface area contributed by atoms with Crippen molar-refractivity contribution >= 4 is 23.4 Å². The predicted molar refractivity (Wildman–Crippen MR) is 103 cm³/mol. The first-order valence-corrected chi connectivity index (χ1v) is 9.49. The van der Waals surface area contributed by atoms with Gasteiger partial charge in [0.25, 0.3) is 0 Å². The summed E-state index contributed by atoms with van der Waals surface area (Å²) in [4.78, 5) is 21.1. The van der Waals surface area contributed by atoms with Gasteiger partial charge in [0, 0.05) is 5.92 Å². The Labute approximate surface area is 159 Å². The van der Waals surface area contributed by atoms with Gasteiger partial charge in [0.1, 0.15) is 16.7 Å². The Bertz CT molecular complexity index is 763. The van der Waals surface area contributed by atoms with Crippen LogP contribution in [0.15, 0.2) is 30.3 Å². The monoisotopic (exact) mass is 373 g/mol. The van der Waals surface area contributed by atoms with Crippen molar-refractivity contribution in [3.05, 3.63) is 52.4 Å². The topological polar surface area (TPSA) is 64.1 Å². The van der Waals surface area contributed by atoms with E-state index >= 15 is 0 Å². The van der Waals surface area contributed by atoms with Crippen LogP contribution in [0.3, 0.4) is 0 Å². The van der Waals surface area contributed by atoms with E-state index in [1.165, 1.54) is 12.7 Å². The maximum atomic E-state index is 12.1. The van der Waals surface area contributed by atoms with Crippen LogP contribution in [0.1, 0.15) is 72.9 Å². The molecule has 1 aromatic heterocycles. The summed E-state index contributed by atoms with van der Waals surface area (Å²) in [6, 6.07) is 10.3. The Morgan fingerprint density at radius 2 is 2.04 bits per heavy atom. The molecule has 0 aliphatic heterocycles. The second kappa shape index (κ2) is 8.49. The number of halogens is 1. The number of esters is 1. The Kier molecular flexibility index (Phi) is 6.09. The molecular formula is C20H24ClN3O2. The highest BCUT2D eigenvalue weighted by atomic mass is 35.5. The first-order chi connectivity index (χ1) is 12.6. The van der Waals surface area contributed by atoms with Gasteiger partial charge in [-0.2, -0.15) is 0 Å². The molecule has 1 unspecified atom stereocenters. The van der Waals surface area contributed by atoms with Crippen LogP contribution in [0, 0.1) is 0 Å². The fourth-order valence-corrected chi connectivity index (χ4v) is 3.11. The third kappa shape index (κ3) is 4.33. The van der Waals surface area contributed by atoms with Crippen molar-refractivity contribution in [2.75, 3.05) is 12.4 Å². The number of nitrogens with one attached hydrogen (secondary N) is 1. The molecule has 1 aliphatic rings. The molecule has 6 heteroatoms. The number of benzene rings is 1. The van der Waals surface area contributed by atoms with Gasteiger partial charge in [0.15, 0.2) is 5.69 Å². The Hall–Kier alpha value is -2.14. The zero-order valence-electron chi connectivity index (χ0n) is 15.2. The average molecular weight is 374 g/mol. The molecule has 5 nitrogen and oxygen atoms in total. The van der Waals surface area contributed by atoms with Crippen molar-refractivity contribution in [2.45, 2.75) is 51.0 Å². The van der Waals surface area contributed by atoms with Crippen LogP contribution < -0.4 is 5.32 Å². The first-order valence-electron chi connectivity index (χ1n) is 9.11. The molecule has 0 saturated heterocycles. The van der Waals surface area contributed by atoms with Crippen molar-refractivity contribution in [1.82, 2.24) is 9.97 Å². The summed E-state index contributed by atoms with van der Waals surface area (Å²) >= 11 is 6.46. The quantitative estimate of drug-likeness (QED) is 0.649. The smallest absolute Gasteiger partial charge is 0.358 e. The van der Waals surface area contributed by atoms with Crippen molar-refractivity contribution in [3.8, 4) is 0 Å². The largest absolute Gasteiger partial charge is 0.464 e. The van der Waals surface area contributed by atoms with Gasteiger partial charge in [-0.05, 0) is 24.8 Å². The molecule has 1 fully saturated rings. The minimum absolute atomic E-state index is 0.0705. The summed E-state index contributed by atoms with van der Waals surface area (Å²) < 4.78 is 4.84. The zero-order chi connectivity index (χ0) is 18.5. The van der Waals surface area contributed by atoms with Crippen molar-refractivity contribution in [2.24, 2.45) is 0 Å². The van der Waals surface area contributed by atoms with Gasteiger partial charge >= 0.3 is 5.97 Å². The Balaban J connectivity index is 1.95. The van der Waals surface area contributed by atoms with Gasteiger partial charge in [0.05, 0.1) is 13.2 Å². The van der Waals surface area contributed by atoms with E-state index in [2.05, 4.69) is 34.3 Å². The molecule has 1 atom stereocenters. The lowest BCUT2D eigenvalue weighted by atomic mass is 10.0. The minimum Gasteiger partial charge on any atom is -0.464 e. The molecule has 26 heavy (non-hydrogen) atoms. The number of rotatable bonds is 8. The molecule has 1 aromatic carbocycles. The SMILES string of the molecule is CCCCC(Nc1nc(C2CC2)nc(C(=O)OC)c1Cl)c1ccccc1. The van der Waals surface area contributed by atoms with E-state index in [0.29, 0.717) is 17.6 Å². The second-order valence-electron chi connectivity index (χ2n) is 6.61. The van der Waals surface area contributed by atoms with Crippen LogP contribution in [0.25, 0.3) is 0 Å². The minimum atomic E-state index is -0.535. The number of nitrogens with zero attached hydrogens (tertiary/aromatic N) is 2. The van der Waals surface area contributed by atoms with Crippen LogP contribution >= 0.6 is 11.6 Å². The lowest BCUT2D eigenvalue weighted by molar-refractivity contribution is 0.0593. The normalized spacial score (nSPS) is 14.7. The van der Waals surface area contributed by atoms with Crippen molar-refractivity contribution < 1.29 is 9.53 Å². The third-order valence-corrected chi connectivity index (χ3v) is 4.91. The number of hydrogen-bond donors (Lipinski definition) is 1. The lowest BCUT2D eigenvalue weighted by Crippen LogP contribution is -2.16. The zero-order valence-corrected chi connectivity index (χ0v) is 15.9. The summed E-state index contributed by atoms with van der Waals surface area (Å²) in [6.07, 6.45) is 5.21. The molecule has 1 N–H and O–H groups in total. The number of carbonyl (C=O) groups is 1. The number of unbranched alkanes of at least 4 members (excludes halogenated alkanes) is 1. The highest BCUT2D eigenvalue weighted by molar-refractivity contribution is 6.35. The Morgan fingerprint density at radius 3 is 2.65 bits per heavy atom. The molecule has 3 rings (SSSR count). The van der Waals surface area contributed by atoms with E-state index < -0.39 is 5.97 Å². The molecule has 1 aliphatic carbocycles. The first kappa shape index (κ1) is 18.6. The van der Waals surface area contributed by atoms with Crippen LogP contribution in [0.5, 0.6) is 0 Å². The number of carbonyl (C=O) groups excluding carboxylic acids is 1.